The maximum Gasteiger partial charge on any atom is 0.417 e. The van der Waals surface area contributed by atoms with E-state index < -0.39 is 63.1 Å². The molecule has 9 aliphatic carbocycles. The smallest absolute Gasteiger partial charge is 0.417 e. The minimum Gasteiger partial charge on any atom is -0.478 e. The lowest BCUT2D eigenvalue weighted by Crippen LogP contribution is -2.61. The lowest BCUT2D eigenvalue weighted by atomic mass is 9.52. The van der Waals surface area contributed by atoms with Crippen LogP contribution in [0.3, 0.4) is 0 Å². The summed E-state index contributed by atoms with van der Waals surface area (Å²) in [6.45, 7) is 31.9. The van der Waals surface area contributed by atoms with Crippen LogP contribution < -0.4 is 4.74 Å². The quantitative estimate of drug-likeness (QED) is 0.0543. The highest BCUT2D eigenvalue weighted by Crippen LogP contribution is 2.71. The van der Waals surface area contributed by atoms with Crippen LogP contribution in [0.1, 0.15) is 269 Å². The number of carboxylic acids is 1. The van der Waals surface area contributed by atoms with E-state index in [0.717, 1.165) is 98.7 Å². The molecule has 3 N–H and O–H groups in total. The summed E-state index contributed by atoms with van der Waals surface area (Å²) in [5, 5.41) is 30.9. The largest absolute Gasteiger partial charge is 0.478 e. The number of carbonyl (C=O) groups excluding carboxylic acids is 6. The van der Waals surface area contributed by atoms with Crippen LogP contribution in [0, 0.1) is 86.3 Å². The number of esters is 6. The van der Waals surface area contributed by atoms with Gasteiger partial charge in [-0.2, -0.15) is 13.2 Å². The summed E-state index contributed by atoms with van der Waals surface area (Å²) in [7, 11) is 0. The minimum absolute atomic E-state index is 0.0455. The average molecular weight is 1420 g/mol. The zero-order valence-corrected chi connectivity index (χ0v) is 63.4. The van der Waals surface area contributed by atoms with Crippen LogP contribution in [0.15, 0.2) is 36.4 Å². The standard InChI is InChI=1S/C20H32O2.C17H18O4.C16H26O3.C15H25F3O3.C13H18O5/c1-5-19(3,4)18(21)22-20(6-2)11-14-10-15(20)17-13-8-7-12(9-13)16(14)17;1-4-17(2,3)16(20)21-14-8-7-11-9-13(15(18)19)6-5-12(11)10-14;1-4-14(2,3)13(17)19-16-8-11-5-12(9-16)7-15(18,6-11)10-16;1-5-13(2,3)12(19)21-11-8-6-10(7-9-11)14(4,20)15(16,17)18;1-4-13(2,3)12(15)18-9-7-5-6-8(16-7)10(9)17-11(6)14/h12-17H,5-11H2,1-4H3;5-10H,4H2,1-3H3,(H,18,19);11-12,18H,4-10H2,1-3H3;10-11,20H,5-9H2,1-4H3;6-10H,4-5H2,1-3H3. The molecule has 15 unspecified atom stereocenters. The molecule has 14 rings (SSSR count). The van der Waals surface area contributed by atoms with Crippen LogP contribution in [0.25, 0.3) is 10.8 Å². The number of hydrogen-bond donors (Lipinski definition) is 3. The zero-order valence-electron chi connectivity index (χ0n) is 63.4. The van der Waals surface area contributed by atoms with Gasteiger partial charge >= 0.3 is 48.0 Å². The van der Waals surface area contributed by atoms with Crippen molar-refractivity contribution in [3.05, 3.63) is 42.0 Å². The monoisotopic (exact) mass is 1420 g/mol. The van der Waals surface area contributed by atoms with E-state index in [9.17, 15) is 56.9 Å². The van der Waals surface area contributed by atoms with Gasteiger partial charge in [0.05, 0.1) is 50.3 Å². The Morgan fingerprint density at radius 3 is 1.61 bits per heavy atom. The number of hydrogen-bond acceptors (Lipinski definition) is 16. The highest BCUT2D eigenvalue weighted by molar-refractivity contribution is 5.95. The predicted molar refractivity (Wildman–Crippen MR) is 374 cm³/mol. The van der Waals surface area contributed by atoms with E-state index in [1.807, 2.05) is 83.1 Å². The molecule has 12 aliphatic rings. The van der Waals surface area contributed by atoms with Crippen LogP contribution in [-0.2, 0) is 57.2 Å². The van der Waals surface area contributed by atoms with Crippen molar-refractivity contribution in [1.29, 1.82) is 0 Å². The van der Waals surface area contributed by atoms with Crippen LogP contribution >= 0.6 is 0 Å². The summed E-state index contributed by atoms with van der Waals surface area (Å²) in [5.41, 5.74) is -5.84. The Morgan fingerprint density at radius 1 is 0.564 bits per heavy atom. The summed E-state index contributed by atoms with van der Waals surface area (Å²) in [5.74, 6) is 3.93. The zero-order chi connectivity index (χ0) is 74.8. The number of fused-ring (bicyclic) bond motifs is 11. The number of carboxylic acid groups (broad SMARTS) is 1. The predicted octanol–water partition coefficient (Wildman–Crippen LogP) is 16.6. The van der Waals surface area contributed by atoms with E-state index in [0.29, 0.717) is 68.4 Å². The first kappa shape index (κ1) is 79.8. The molecule has 566 valence electrons. The molecule has 0 spiro atoms. The van der Waals surface area contributed by atoms with Gasteiger partial charge in [0.15, 0.2) is 17.8 Å². The van der Waals surface area contributed by atoms with E-state index in [1.54, 1.807) is 44.2 Å². The number of aliphatic hydroxyl groups is 2. The molecule has 101 heavy (non-hydrogen) atoms. The van der Waals surface area contributed by atoms with Gasteiger partial charge in [0.2, 0.25) is 0 Å². The fraction of sp³-hybridized carbons (Fsp3) is 0.790. The van der Waals surface area contributed by atoms with Gasteiger partial charge < -0.3 is 48.5 Å². The van der Waals surface area contributed by atoms with Crippen molar-refractivity contribution in [1.82, 2.24) is 0 Å². The van der Waals surface area contributed by atoms with Crippen molar-refractivity contribution in [2.24, 2.45) is 86.3 Å². The van der Waals surface area contributed by atoms with Crippen LogP contribution in [0.4, 0.5) is 13.2 Å². The van der Waals surface area contributed by atoms with Crippen molar-refractivity contribution in [2.75, 3.05) is 0 Å². The Kier molecular flexibility index (Phi) is 23.3. The van der Waals surface area contributed by atoms with Gasteiger partial charge in [-0.15, -0.1) is 0 Å². The summed E-state index contributed by atoms with van der Waals surface area (Å²) >= 11 is 0. The second kappa shape index (κ2) is 29.5. The van der Waals surface area contributed by atoms with Gasteiger partial charge in [-0.3, -0.25) is 28.8 Å². The lowest BCUT2D eigenvalue weighted by Gasteiger charge is -2.59. The third-order valence-corrected chi connectivity index (χ3v) is 26.9. The minimum atomic E-state index is -4.63. The van der Waals surface area contributed by atoms with E-state index in [2.05, 4.69) is 13.8 Å². The molecule has 3 heterocycles. The Hall–Kier alpha value is -5.34. The van der Waals surface area contributed by atoms with E-state index in [4.69, 9.17) is 38.3 Å². The normalized spacial score (nSPS) is 34.3. The molecule has 3 saturated heterocycles. The number of benzene rings is 2. The molecule has 0 amide bonds. The van der Waals surface area contributed by atoms with Crippen molar-refractivity contribution in [3.63, 3.8) is 0 Å². The van der Waals surface area contributed by atoms with Gasteiger partial charge in [-0.1, -0.05) is 53.7 Å². The molecule has 20 heteroatoms. The molecule has 3 aliphatic heterocycles. The van der Waals surface area contributed by atoms with Crippen molar-refractivity contribution >= 4 is 52.6 Å². The molecule has 0 radical (unpaired) electrons. The number of ether oxygens (including phenoxy) is 7. The lowest BCUT2D eigenvalue weighted by molar-refractivity contribution is -0.276. The molecule has 2 aromatic rings. The summed E-state index contributed by atoms with van der Waals surface area (Å²) < 4.78 is 77.9. The number of rotatable bonds is 18. The highest BCUT2D eigenvalue weighted by atomic mass is 19.4. The molecule has 2 aromatic carbocycles. The number of alkyl halides is 3. The second-order valence-electron chi connectivity index (χ2n) is 35.7. The summed E-state index contributed by atoms with van der Waals surface area (Å²) in [6, 6.07) is 10.0. The fourth-order valence-electron chi connectivity index (χ4n) is 18.5. The van der Waals surface area contributed by atoms with Crippen molar-refractivity contribution in [3.8, 4) is 5.75 Å². The maximum atomic E-state index is 12.8. The topological polar surface area (TPSA) is 245 Å². The Bertz CT molecular complexity index is 3340. The van der Waals surface area contributed by atoms with E-state index in [1.165, 1.54) is 38.2 Å². The number of aromatic carboxylic acids is 1. The third kappa shape index (κ3) is 16.5. The molecule has 15 atom stereocenters. The SMILES string of the molecule is CCC(C)(C)C(=O)OC1(CC)CC2CC1C1C3CCC(C3)C21.CCC(C)(C)C(=O)OC12CC3CC(CC(O)(C3)C1)C2.CCC(C)(C)C(=O)OC1C2CC3C(=O)OC1C3O2.CCC(C)(C)C(=O)OC1CCC(C(C)(O)C(F)(F)F)CC1.CCC(C)(C)C(=O)Oc1ccc2cc(C(=O)O)ccc2c1. The van der Waals surface area contributed by atoms with E-state index in [-0.39, 0.29) is 95.1 Å². The molecule has 10 bridgehead atoms. The van der Waals surface area contributed by atoms with Crippen molar-refractivity contribution < 1.29 is 95.2 Å². The van der Waals surface area contributed by atoms with Gasteiger partial charge in [0.25, 0.3) is 0 Å². The van der Waals surface area contributed by atoms with Gasteiger partial charge in [0.1, 0.15) is 29.2 Å². The van der Waals surface area contributed by atoms with Gasteiger partial charge in [-0.25, -0.2) is 4.79 Å². The molecule has 12 fully saturated rings. The first-order chi connectivity index (χ1) is 46.9. The molecular formula is C81H119F3O17. The third-order valence-electron chi connectivity index (χ3n) is 26.9. The Morgan fingerprint density at radius 2 is 1.08 bits per heavy atom. The molecule has 9 saturated carbocycles. The first-order valence-corrected chi connectivity index (χ1v) is 38.1. The second-order valence-corrected chi connectivity index (χ2v) is 35.7. The maximum absolute atomic E-state index is 12.8. The van der Waals surface area contributed by atoms with Crippen LogP contribution in [-0.4, -0.2) is 116 Å². The number of carbonyl (C=O) groups is 7. The molecule has 0 aromatic heterocycles. The average Bonchev–Trinajstić information content (AvgIpc) is 1.56. The first-order valence-electron chi connectivity index (χ1n) is 38.1. The Balaban J connectivity index is 0.000000147. The highest BCUT2D eigenvalue weighted by Gasteiger charge is 2.69. The van der Waals surface area contributed by atoms with Crippen LogP contribution in [0.5, 0.6) is 5.75 Å². The summed E-state index contributed by atoms with van der Waals surface area (Å²) in [4.78, 5) is 83.6. The molecular weight excluding hydrogens is 1300 g/mol. The van der Waals surface area contributed by atoms with Gasteiger partial charge in [0, 0.05) is 12.3 Å². The number of halogens is 3. The van der Waals surface area contributed by atoms with Crippen molar-refractivity contribution in [2.45, 2.75) is 318 Å². The van der Waals surface area contributed by atoms with E-state index >= 15 is 0 Å². The Labute approximate surface area is 597 Å². The summed E-state index contributed by atoms with van der Waals surface area (Å²) in [6.07, 6.45) is 12.9. The van der Waals surface area contributed by atoms with Crippen LogP contribution in [0.2, 0.25) is 0 Å². The fourth-order valence-corrected chi connectivity index (χ4v) is 18.5. The van der Waals surface area contributed by atoms with Gasteiger partial charge in [-0.05, 0) is 293 Å². The molecule has 17 nitrogen and oxygen atoms in total.